The minimum atomic E-state index is -4.63. The molecule has 4 aromatic rings. The van der Waals surface area contributed by atoms with E-state index in [2.05, 4.69) is 15.2 Å². The van der Waals surface area contributed by atoms with Gasteiger partial charge in [0.15, 0.2) is 5.65 Å². The van der Waals surface area contributed by atoms with Crippen LogP contribution in [0.3, 0.4) is 0 Å². The van der Waals surface area contributed by atoms with Crippen molar-refractivity contribution in [2.45, 2.75) is 13.1 Å². The molecule has 0 saturated carbocycles. The van der Waals surface area contributed by atoms with Crippen molar-refractivity contribution < 1.29 is 22.0 Å². The molecule has 0 fully saturated rings. The molecule has 2 aromatic heterocycles. The highest BCUT2D eigenvalue weighted by Crippen LogP contribution is 2.34. The van der Waals surface area contributed by atoms with Gasteiger partial charge in [0.1, 0.15) is 23.0 Å². The van der Waals surface area contributed by atoms with Crippen LogP contribution in [0.25, 0.3) is 28.1 Å². The molecule has 9 heteroatoms. The third kappa shape index (κ3) is 2.47. The van der Waals surface area contributed by atoms with Crippen LogP contribution in [0.5, 0.6) is 0 Å². The van der Waals surface area contributed by atoms with Crippen molar-refractivity contribution in [3.63, 3.8) is 0 Å². The van der Waals surface area contributed by atoms with Crippen LogP contribution in [-0.4, -0.2) is 19.6 Å². The highest BCUT2D eigenvalue weighted by atomic mass is 19.4. The minimum absolute atomic E-state index is 0.0624. The van der Waals surface area contributed by atoms with Crippen LogP contribution in [0.4, 0.5) is 22.0 Å². The molecule has 0 radical (unpaired) electrons. The number of imidazole rings is 1. The third-order valence-electron chi connectivity index (χ3n) is 3.99. The highest BCUT2D eigenvalue weighted by Gasteiger charge is 2.32. The number of alkyl halides is 3. The second-order valence-corrected chi connectivity index (χ2v) is 5.71. The Labute approximate surface area is 142 Å². The zero-order valence-electron chi connectivity index (χ0n) is 13.1. The van der Waals surface area contributed by atoms with E-state index in [1.54, 1.807) is 6.92 Å². The standard InChI is InChI=1S/C17H9F5N4/c1-8-15-25-24-13-7-10(18)3-5-14(13)26(15)16(23-8)11-6-9(17(20,21)22)2-4-12(11)19/h2-7H,1H3. The van der Waals surface area contributed by atoms with Gasteiger partial charge < -0.3 is 0 Å². The van der Waals surface area contributed by atoms with E-state index in [9.17, 15) is 22.0 Å². The number of hydrogen-bond acceptors (Lipinski definition) is 3. The van der Waals surface area contributed by atoms with Crippen LogP contribution < -0.4 is 0 Å². The van der Waals surface area contributed by atoms with E-state index in [1.165, 1.54) is 16.5 Å². The fraction of sp³-hybridized carbons (Fsp3) is 0.118. The van der Waals surface area contributed by atoms with Crippen molar-refractivity contribution in [1.82, 2.24) is 19.6 Å². The fourth-order valence-electron chi connectivity index (χ4n) is 2.79. The molecule has 0 spiro atoms. The number of halogens is 5. The number of fused-ring (bicyclic) bond motifs is 3. The molecule has 0 unspecified atom stereocenters. The van der Waals surface area contributed by atoms with E-state index >= 15 is 0 Å². The summed E-state index contributed by atoms with van der Waals surface area (Å²) in [6, 6.07) is 5.79. The van der Waals surface area contributed by atoms with Crippen LogP contribution in [-0.2, 0) is 6.18 Å². The van der Waals surface area contributed by atoms with Crippen LogP contribution in [0, 0.1) is 18.6 Å². The number of aromatic nitrogens is 4. The summed E-state index contributed by atoms with van der Waals surface area (Å²) in [5.41, 5.74) is -0.207. The van der Waals surface area contributed by atoms with Gasteiger partial charge in [0.05, 0.1) is 22.3 Å². The summed E-state index contributed by atoms with van der Waals surface area (Å²) in [5.74, 6) is -1.47. The lowest BCUT2D eigenvalue weighted by Crippen LogP contribution is -2.06. The van der Waals surface area contributed by atoms with Crippen LogP contribution >= 0.6 is 0 Å². The Kier molecular flexibility index (Phi) is 3.43. The second-order valence-electron chi connectivity index (χ2n) is 5.71. The van der Waals surface area contributed by atoms with Crippen molar-refractivity contribution >= 4 is 16.7 Å². The molecular weight excluding hydrogens is 355 g/mol. The zero-order chi connectivity index (χ0) is 18.6. The molecule has 0 aliphatic heterocycles. The van der Waals surface area contributed by atoms with Gasteiger partial charge in [-0.05, 0) is 37.3 Å². The van der Waals surface area contributed by atoms with Crippen molar-refractivity contribution in [2.75, 3.05) is 0 Å². The molecule has 0 aliphatic carbocycles. The maximum atomic E-state index is 14.3. The minimum Gasteiger partial charge on any atom is -0.273 e. The molecule has 0 bridgehead atoms. The van der Waals surface area contributed by atoms with E-state index in [-0.39, 0.29) is 22.6 Å². The average Bonchev–Trinajstić information content (AvgIpc) is 2.91. The molecule has 0 aliphatic rings. The summed E-state index contributed by atoms with van der Waals surface area (Å²) in [7, 11) is 0. The molecular formula is C17H9F5N4. The van der Waals surface area contributed by atoms with Gasteiger partial charge in [-0.15, -0.1) is 10.2 Å². The molecule has 26 heavy (non-hydrogen) atoms. The van der Waals surface area contributed by atoms with Crippen molar-refractivity contribution in [2.24, 2.45) is 0 Å². The van der Waals surface area contributed by atoms with Crippen LogP contribution in [0.15, 0.2) is 36.4 Å². The highest BCUT2D eigenvalue weighted by molar-refractivity contribution is 5.80. The quantitative estimate of drug-likeness (QED) is 0.466. The zero-order valence-corrected chi connectivity index (χ0v) is 13.1. The number of rotatable bonds is 1. The van der Waals surface area contributed by atoms with Gasteiger partial charge in [-0.3, -0.25) is 4.40 Å². The van der Waals surface area contributed by atoms with E-state index in [4.69, 9.17) is 0 Å². The predicted molar refractivity (Wildman–Crippen MR) is 83.4 cm³/mol. The number of hydrogen-bond donors (Lipinski definition) is 0. The Hall–Kier alpha value is -3.10. The maximum Gasteiger partial charge on any atom is 0.416 e. The summed E-state index contributed by atoms with van der Waals surface area (Å²) < 4.78 is 68.2. The first-order chi connectivity index (χ1) is 12.3. The maximum absolute atomic E-state index is 14.3. The molecule has 0 amide bonds. The molecule has 2 heterocycles. The molecule has 4 rings (SSSR count). The van der Waals surface area contributed by atoms with E-state index < -0.39 is 23.4 Å². The normalized spacial score (nSPS) is 12.2. The number of nitrogens with zero attached hydrogens (tertiary/aromatic N) is 4. The summed E-state index contributed by atoms with van der Waals surface area (Å²) in [6.45, 7) is 1.58. The first-order valence-electron chi connectivity index (χ1n) is 7.44. The molecule has 2 aromatic carbocycles. The Bertz CT molecular complexity index is 1160. The van der Waals surface area contributed by atoms with Gasteiger partial charge in [0.25, 0.3) is 0 Å². The van der Waals surface area contributed by atoms with Gasteiger partial charge in [-0.1, -0.05) is 0 Å². The lowest BCUT2D eigenvalue weighted by atomic mass is 10.1. The Morgan fingerprint density at radius 3 is 2.46 bits per heavy atom. The fourth-order valence-corrected chi connectivity index (χ4v) is 2.79. The molecule has 0 saturated heterocycles. The average molecular weight is 364 g/mol. The van der Waals surface area contributed by atoms with Gasteiger partial charge in [-0.2, -0.15) is 13.2 Å². The lowest BCUT2D eigenvalue weighted by Gasteiger charge is -2.10. The van der Waals surface area contributed by atoms with Crippen molar-refractivity contribution in [1.29, 1.82) is 0 Å². The Balaban J connectivity index is 2.10. The molecule has 0 atom stereocenters. The number of benzene rings is 2. The summed E-state index contributed by atoms with van der Waals surface area (Å²) in [5, 5.41) is 7.83. The first-order valence-corrected chi connectivity index (χ1v) is 7.44. The smallest absolute Gasteiger partial charge is 0.273 e. The van der Waals surface area contributed by atoms with Gasteiger partial charge in [-0.25, -0.2) is 13.8 Å². The number of aryl methyl sites for hydroxylation is 1. The topological polar surface area (TPSA) is 43.1 Å². The lowest BCUT2D eigenvalue weighted by molar-refractivity contribution is -0.137. The summed E-state index contributed by atoms with van der Waals surface area (Å²) in [6.07, 6.45) is -4.63. The van der Waals surface area contributed by atoms with E-state index in [0.29, 0.717) is 23.3 Å². The molecule has 132 valence electrons. The predicted octanol–water partition coefficient (Wildman–Crippen LogP) is 4.55. The molecule has 4 nitrogen and oxygen atoms in total. The van der Waals surface area contributed by atoms with Gasteiger partial charge in [0, 0.05) is 6.07 Å². The SMILES string of the molecule is Cc1nc(-c2cc(C(F)(F)F)ccc2F)n2c1nnc1cc(F)ccc12. The van der Waals surface area contributed by atoms with Crippen LogP contribution in [0.2, 0.25) is 0 Å². The van der Waals surface area contributed by atoms with Crippen molar-refractivity contribution in [3.05, 3.63) is 59.3 Å². The monoisotopic (exact) mass is 364 g/mol. The van der Waals surface area contributed by atoms with Crippen LogP contribution in [0.1, 0.15) is 11.3 Å². The summed E-state index contributed by atoms with van der Waals surface area (Å²) in [4.78, 5) is 4.18. The summed E-state index contributed by atoms with van der Waals surface area (Å²) >= 11 is 0. The van der Waals surface area contributed by atoms with Crippen molar-refractivity contribution in [3.8, 4) is 11.4 Å². The Morgan fingerprint density at radius 2 is 1.73 bits per heavy atom. The largest absolute Gasteiger partial charge is 0.416 e. The first kappa shape index (κ1) is 16.4. The molecule has 0 N–H and O–H groups in total. The van der Waals surface area contributed by atoms with Gasteiger partial charge >= 0.3 is 6.18 Å². The third-order valence-corrected chi connectivity index (χ3v) is 3.99. The second kappa shape index (κ2) is 5.45. The van der Waals surface area contributed by atoms with E-state index in [1.807, 2.05) is 0 Å². The Morgan fingerprint density at radius 1 is 0.962 bits per heavy atom. The van der Waals surface area contributed by atoms with E-state index in [0.717, 1.165) is 12.1 Å². The van der Waals surface area contributed by atoms with Gasteiger partial charge in [0.2, 0.25) is 0 Å².